The molecule has 3 N–H and O–H groups in total. The van der Waals surface area contributed by atoms with Gasteiger partial charge in [0.05, 0.1) is 11.9 Å². The van der Waals surface area contributed by atoms with Crippen molar-refractivity contribution in [2.45, 2.75) is 19.4 Å². The van der Waals surface area contributed by atoms with Crippen LogP contribution in [0.15, 0.2) is 48.5 Å². The summed E-state index contributed by atoms with van der Waals surface area (Å²) in [6, 6.07) is 12.6. The number of ether oxygens (including phenoxy) is 1. The van der Waals surface area contributed by atoms with E-state index in [4.69, 9.17) is 10.5 Å². The zero-order valence-corrected chi connectivity index (χ0v) is 16.7. The van der Waals surface area contributed by atoms with Gasteiger partial charge in [0.25, 0.3) is 5.91 Å². The molecule has 28 heavy (non-hydrogen) atoms. The third-order valence-corrected chi connectivity index (χ3v) is 5.28. The lowest BCUT2D eigenvalue weighted by Gasteiger charge is -2.19. The molecule has 0 radical (unpaired) electrons. The zero-order chi connectivity index (χ0) is 20.9. The third kappa shape index (κ3) is 5.46. The summed E-state index contributed by atoms with van der Waals surface area (Å²) in [7, 11) is -1.90. The Hall–Kier alpha value is -3.07. The van der Waals surface area contributed by atoms with Gasteiger partial charge in [0.15, 0.2) is 6.10 Å². The molecule has 1 atom stereocenters. The minimum absolute atomic E-state index is 0.341. The molecule has 0 saturated heterocycles. The van der Waals surface area contributed by atoms with Gasteiger partial charge in [-0.05, 0) is 55.0 Å². The lowest BCUT2D eigenvalue weighted by atomic mass is 10.2. The van der Waals surface area contributed by atoms with Crippen LogP contribution in [0.4, 0.5) is 11.4 Å². The van der Waals surface area contributed by atoms with Crippen molar-refractivity contribution in [2.75, 3.05) is 22.9 Å². The average Bonchev–Trinajstić information content (AvgIpc) is 2.65. The topological polar surface area (TPSA) is 119 Å². The van der Waals surface area contributed by atoms with E-state index in [-0.39, 0.29) is 5.91 Å². The van der Waals surface area contributed by atoms with Gasteiger partial charge in [-0.1, -0.05) is 6.92 Å². The first-order valence-corrected chi connectivity index (χ1v) is 10.4. The SMILES string of the molecule is CCC(Oc1ccc(N(C)S(C)(=O)=O)cc1)C(=O)Nc1ccc(C(N)=O)cc1. The van der Waals surface area contributed by atoms with Gasteiger partial charge in [-0.25, -0.2) is 8.42 Å². The normalized spacial score (nSPS) is 12.1. The molecule has 9 heteroatoms. The van der Waals surface area contributed by atoms with Crippen LogP contribution in [0.5, 0.6) is 5.75 Å². The molecule has 150 valence electrons. The van der Waals surface area contributed by atoms with Crippen molar-refractivity contribution in [3.05, 3.63) is 54.1 Å². The summed E-state index contributed by atoms with van der Waals surface area (Å²) < 4.78 is 30.0. The molecule has 0 aliphatic rings. The highest BCUT2D eigenvalue weighted by Gasteiger charge is 2.19. The standard InChI is InChI=1S/C19H23N3O5S/c1-4-17(19(24)21-14-7-5-13(6-8-14)18(20)23)27-16-11-9-15(10-12-16)22(2)28(3,25)26/h5-12,17H,4H2,1-3H3,(H2,20,23)(H,21,24). The number of carbonyl (C=O) groups is 2. The number of hydrogen-bond acceptors (Lipinski definition) is 5. The first kappa shape index (κ1) is 21.2. The molecular weight excluding hydrogens is 382 g/mol. The number of nitrogens with two attached hydrogens (primary N) is 1. The Morgan fingerprint density at radius 2 is 1.68 bits per heavy atom. The minimum Gasteiger partial charge on any atom is -0.481 e. The summed E-state index contributed by atoms with van der Waals surface area (Å²) in [5.41, 5.74) is 6.54. The predicted molar refractivity (Wildman–Crippen MR) is 108 cm³/mol. The second kappa shape index (κ2) is 8.75. The van der Waals surface area contributed by atoms with E-state index in [2.05, 4.69) is 5.32 Å². The van der Waals surface area contributed by atoms with E-state index in [1.54, 1.807) is 36.4 Å². The molecule has 0 spiro atoms. The quantitative estimate of drug-likeness (QED) is 0.696. The number of rotatable bonds is 8. The molecule has 2 aromatic carbocycles. The van der Waals surface area contributed by atoms with E-state index in [0.29, 0.717) is 29.1 Å². The third-order valence-electron chi connectivity index (χ3n) is 4.08. The first-order chi connectivity index (χ1) is 13.1. The van der Waals surface area contributed by atoms with Gasteiger partial charge >= 0.3 is 0 Å². The van der Waals surface area contributed by atoms with Crippen molar-refractivity contribution in [2.24, 2.45) is 5.73 Å². The molecular formula is C19H23N3O5S. The Morgan fingerprint density at radius 1 is 1.11 bits per heavy atom. The number of sulfonamides is 1. The average molecular weight is 405 g/mol. The predicted octanol–water partition coefficient (Wildman–Crippen LogP) is 1.98. The summed E-state index contributed by atoms with van der Waals surface area (Å²) >= 11 is 0. The fourth-order valence-electron chi connectivity index (χ4n) is 2.35. The fraction of sp³-hybridized carbons (Fsp3) is 0.263. The lowest BCUT2D eigenvalue weighted by molar-refractivity contribution is -0.122. The molecule has 2 amide bonds. The molecule has 8 nitrogen and oxygen atoms in total. The molecule has 2 rings (SSSR count). The van der Waals surface area contributed by atoms with Gasteiger partial charge in [0, 0.05) is 18.3 Å². The number of nitrogens with one attached hydrogen (secondary N) is 1. The number of nitrogens with zero attached hydrogens (tertiary/aromatic N) is 1. The number of amides is 2. The molecule has 0 aliphatic carbocycles. The largest absolute Gasteiger partial charge is 0.481 e. The number of carbonyl (C=O) groups excluding carboxylic acids is 2. The molecule has 0 fully saturated rings. The van der Waals surface area contributed by atoms with Crippen LogP contribution in [0.3, 0.4) is 0 Å². The number of primary amides is 1. The maximum atomic E-state index is 12.5. The van der Waals surface area contributed by atoms with E-state index in [1.807, 2.05) is 6.92 Å². The highest BCUT2D eigenvalue weighted by atomic mass is 32.2. The summed E-state index contributed by atoms with van der Waals surface area (Å²) in [5.74, 6) is -0.444. The monoisotopic (exact) mass is 405 g/mol. The molecule has 0 saturated carbocycles. The van der Waals surface area contributed by atoms with Crippen molar-refractivity contribution in [3.63, 3.8) is 0 Å². The highest BCUT2D eigenvalue weighted by molar-refractivity contribution is 7.92. The Morgan fingerprint density at radius 3 is 2.14 bits per heavy atom. The van der Waals surface area contributed by atoms with E-state index in [0.717, 1.165) is 10.6 Å². The van der Waals surface area contributed by atoms with Crippen molar-refractivity contribution < 1.29 is 22.7 Å². The van der Waals surface area contributed by atoms with Crippen LogP contribution in [0.1, 0.15) is 23.7 Å². The van der Waals surface area contributed by atoms with Gasteiger partial charge in [0.1, 0.15) is 5.75 Å². The Kier molecular flexibility index (Phi) is 6.63. The smallest absolute Gasteiger partial charge is 0.265 e. The summed E-state index contributed by atoms with van der Waals surface area (Å²) in [6.07, 6.45) is 0.801. The van der Waals surface area contributed by atoms with Crippen molar-refractivity contribution in [1.82, 2.24) is 0 Å². The van der Waals surface area contributed by atoms with Gasteiger partial charge in [0.2, 0.25) is 15.9 Å². The minimum atomic E-state index is -3.35. The molecule has 0 bridgehead atoms. The molecule has 2 aromatic rings. The van der Waals surface area contributed by atoms with Gasteiger partial charge in [-0.3, -0.25) is 13.9 Å². The lowest BCUT2D eigenvalue weighted by Crippen LogP contribution is -2.32. The Labute approximate surface area is 164 Å². The highest BCUT2D eigenvalue weighted by Crippen LogP contribution is 2.22. The van der Waals surface area contributed by atoms with Crippen molar-refractivity contribution in [1.29, 1.82) is 0 Å². The number of hydrogen-bond donors (Lipinski definition) is 2. The van der Waals surface area contributed by atoms with Crippen LogP contribution in [0.2, 0.25) is 0 Å². The van der Waals surface area contributed by atoms with E-state index < -0.39 is 22.0 Å². The van der Waals surface area contributed by atoms with Gasteiger partial charge in [-0.15, -0.1) is 0 Å². The zero-order valence-electron chi connectivity index (χ0n) is 15.9. The second-order valence-corrected chi connectivity index (χ2v) is 8.18. The van der Waals surface area contributed by atoms with E-state index in [9.17, 15) is 18.0 Å². The van der Waals surface area contributed by atoms with Crippen LogP contribution in [0.25, 0.3) is 0 Å². The van der Waals surface area contributed by atoms with Crippen LogP contribution in [-0.2, 0) is 14.8 Å². The van der Waals surface area contributed by atoms with Crippen LogP contribution < -0.4 is 20.1 Å². The summed E-state index contributed by atoms with van der Waals surface area (Å²) in [4.78, 5) is 23.5. The molecule has 0 aromatic heterocycles. The van der Waals surface area contributed by atoms with Crippen molar-refractivity contribution >= 4 is 33.2 Å². The summed E-state index contributed by atoms with van der Waals surface area (Å²) in [6.45, 7) is 1.81. The van der Waals surface area contributed by atoms with E-state index >= 15 is 0 Å². The van der Waals surface area contributed by atoms with Gasteiger partial charge in [-0.2, -0.15) is 0 Å². The van der Waals surface area contributed by atoms with Crippen LogP contribution in [-0.4, -0.2) is 39.6 Å². The van der Waals surface area contributed by atoms with Crippen LogP contribution in [0, 0.1) is 0 Å². The maximum absolute atomic E-state index is 12.5. The van der Waals surface area contributed by atoms with Crippen LogP contribution >= 0.6 is 0 Å². The molecule has 1 unspecified atom stereocenters. The Balaban J connectivity index is 2.04. The number of benzene rings is 2. The molecule has 0 heterocycles. The van der Waals surface area contributed by atoms with Crippen molar-refractivity contribution in [3.8, 4) is 5.75 Å². The summed E-state index contributed by atoms with van der Waals surface area (Å²) in [5, 5.41) is 2.73. The number of anilines is 2. The Bertz CT molecular complexity index is 941. The molecule has 0 aliphatic heterocycles. The maximum Gasteiger partial charge on any atom is 0.265 e. The van der Waals surface area contributed by atoms with Gasteiger partial charge < -0.3 is 15.8 Å². The fourth-order valence-corrected chi connectivity index (χ4v) is 2.86. The van der Waals surface area contributed by atoms with E-state index in [1.165, 1.54) is 19.2 Å². The second-order valence-electron chi connectivity index (χ2n) is 6.17. The first-order valence-electron chi connectivity index (χ1n) is 8.53.